The van der Waals surface area contributed by atoms with Crippen LogP contribution >= 0.6 is 0 Å². The predicted octanol–water partition coefficient (Wildman–Crippen LogP) is -0.249. The standard InChI is InChI=1S/C12H21NO2.C5H9O2.Li/c1-5-13(6-2)12(15)9-11(14)8-7-10(3)4;1-5(2,3)7-4-6;/h10H,1-2,5-9H2,3-4H3;1-3H3;/q-2;-1;+1. The van der Waals surface area contributed by atoms with Crippen molar-refractivity contribution in [2.24, 2.45) is 5.92 Å². The van der Waals surface area contributed by atoms with Crippen LogP contribution in [0.3, 0.4) is 0 Å². The minimum atomic E-state index is -0.373. The molecule has 0 saturated heterocycles. The Bertz CT molecular complexity index is 334. The topological polar surface area (TPSA) is 63.7 Å². The number of ether oxygens (including phenoxy) is 1. The number of amides is 1. The van der Waals surface area contributed by atoms with Gasteiger partial charge >= 0.3 is 18.9 Å². The molecule has 0 bridgehead atoms. The summed E-state index contributed by atoms with van der Waals surface area (Å²) >= 11 is 0. The van der Waals surface area contributed by atoms with Crippen molar-refractivity contribution < 1.29 is 38.0 Å². The summed E-state index contributed by atoms with van der Waals surface area (Å²) < 4.78 is 4.42. The van der Waals surface area contributed by atoms with Gasteiger partial charge < -0.3 is 28.3 Å². The first-order valence-corrected chi connectivity index (χ1v) is 7.50. The smallest absolute Gasteiger partial charge is 0.649 e. The van der Waals surface area contributed by atoms with E-state index >= 15 is 0 Å². The molecule has 0 aliphatic heterocycles. The molecule has 130 valence electrons. The second kappa shape index (κ2) is 14.8. The quantitative estimate of drug-likeness (QED) is 0.352. The molecule has 0 rings (SSSR count). The maximum absolute atomic E-state index is 11.5. The number of rotatable bonds is 8. The van der Waals surface area contributed by atoms with E-state index in [4.69, 9.17) is 0 Å². The van der Waals surface area contributed by atoms with Crippen molar-refractivity contribution in [1.82, 2.24) is 4.90 Å². The summed E-state index contributed by atoms with van der Waals surface area (Å²) in [5.41, 5.74) is -0.373. The van der Waals surface area contributed by atoms with Gasteiger partial charge in [0.25, 0.3) is 0 Å². The fourth-order valence-electron chi connectivity index (χ4n) is 1.30. The van der Waals surface area contributed by atoms with Gasteiger partial charge in [0.2, 0.25) is 5.91 Å². The van der Waals surface area contributed by atoms with Crippen molar-refractivity contribution in [2.45, 2.75) is 59.5 Å². The van der Waals surface area contributed by atoms with Gasteiger partial charge in [0.05, 0.1) is 12.0 Å². The van der Waals surface area contributed by atoms with Crippen LogP contribution in [-0.2, 0) is 19.1 Å². The summed E-state index contributed by atoms with van der Waals surface area (Å²) in [6, 6.07) is 0. The molecule has 0 aliphatic carbocycles. The van der Waals surface area contributed by atoms with E-state index in [0.717, 1.165) is 6.42 Å². The summed E-state index contributed by atoms with van der Waals surface area (Å²) in [6.45, 7) is 18.8. The Morgan fingerprint density at radius 3 is 1.91 bits per heavy atom. The predicted molar refractivity (Wildman–Crippen MR) is 87.5 cm³/mol. The number of hydrogen-bond donors (Lipinski definition) is 0. The van der Waals surface area contributed by atoms with E-state index in [1.54, 1.807) is 20.8 Å². The van der Waals surface area contributed by atoms with Crippen molar-refractivity contribution in [3.63, 3.8) is 0 Å². The average Bonchev–Trinajstić information content (AvgIpc) is 2.37. The van der Waals surface area contributed by atoms with Gasteiger partial charge in [0.15, 0.2) is 0 Å². The number of nitrogens with zero attached hydrogens (tertiary/aromatic N) is 1. The fraction of sp³-hybridized carbons (Fsp3) is 0.706. The van der Waals surface area contributed by atoms with Crippen LogP contribution in [0.15, 0.2) is 0 Å². The zero-order valence-corrected chi connectivity index (χ0v) is 15.6. The maximum Gasteiger partial charge on any atom is 1.00 e. The Labute approximate surface area is 153 Å². The number of hydrogen-bond acceptors (Lipinski definition) is 4. The molecule has 6 heteroatoms. The Morgan fingerprint density at radius 2 is 1.65 bits per heavy atom. The van der Waals surface area contributed by atoms with Crippen molar-refractivity contribution in [3.8, 4) is 0 Å². The minimum Gasteiger partial charge on any atom is -0.649 e. The molecular weight excluding hydrogens is 289 g/mol. The molecule has 0 heterocycles. The third kappa shape index (κ3) is 19.2. The Kier molecular flexibility index (Phi) is 17.4. The van der Waals surface area contributed by atoms with Gasteiger partial charge in [-0.1, -0.05) is 20.3 Å². The Hall–Kier alpha value is -0.793. The molecule has 23 heavy (non-hydrogen) atoms. The van der Waals surface area contributed by atoms with Crippen LogP contribution in [0, 0.1) is 19.8 Å². The zero-order valence-electron chi connectivity index (χ0n) is 15.6. The first-order chi connectivity index (χ1) is 10.1. The number of carbonyl (C=O) groups excluding carboxylic acids is 3. The van der Waals surface area contributed by atoms with Gasteiger partial charge in [0, 0.05) is 6.42 Å². The molecule has 0 aliphatic rings. The van der Waals surface area contributed by atoms with Crippen LogP contribution < -0.4 is 18.9 Å². The van der Waals surface area contributed by atoms with Gasteiger partial charge in [-0.2, -0.15) is 0 Å². The summed E-state index contributed by atoms with van der Waals surface area (Å²) in [6.07, 6.45) is 1.34. The van der Waals surface area contributed by atoms with E-state index in [9.17, 15) is 14.4 Å². The van der Waals surface area contributed by atoms with Crippen LogP contribution in [0.1, 0.15) is 53.9 Å². The SMILES string of the molecule is CC(C)(C)O[C-]=O.[CH2-]CN(C[CH2-])C(=O)CC(=O)CCC(C)C.[Li+]. The van der Waals surface area contributed by atoms with Crippen molar-refractivity contribution in [3.05, 3.63) is 13.8 Å². The molecular formula is C17H30LiNO4-2. The van der Waals surface area contributed by atoms with Crippen molar-refractivity contribution in [2.75, 3.05) is 13.1 Å². The fourth-order valence-corrected chi connectivity index (χ4v) is 1.30. The first kappa shape index (κ1) is 27.1. The van der Waals surface area contributed by atoms with Gasteiger partial charge in [-0.15, -0.1) is 13.1 Å². The number of ketones is 1. The van der Waals surface area contributed by atoms with Crippen LogP contribution in [0.4, 0.5) is 0 Å². The normalized spacial score (nSPS) is 10.1. The average molecular weight is 319 g/mol. The molecule has 0 unspecified atom stereocenters. The summed E-state index contributed by atoms with van der Waals surface area (Å²) in [7, 11) is 0. The number of carbonyl (C=O) groups is 2. The second-order valence-electron chi connectivity index (χ2n) is 6.33. The van der Waals surface area contributed by atoms with Gasteiger partial charge in [-0.05, 0) is 33.1 Å². The molecule has 5 nitrogen and oxygen atoms in total. The van der Waals surface area contributed by atoms with Crippen LogP contribution in [-0.4, -0.2) is 41.8 Å². The van der Waals surface area contributed by atoms with Gasteiger partial charge in [-0.25, -0.2) is 0 Å². The summed E-state index contributed by atoms with van der Waals surface area (Å²) in [4.78, 5) is 33.8. The molecule has 1 amide bonds. The third-order valence-corrected chi connectivity index (χ3v) is 2.59. The molecule has 0 fully saturated rings. The summed E-state index contributed by atoms with van der Waals surface area (Å²) in [5, 5.41) is 0. The second-order valence-corrected chi connectivity index (χ2v) is 6.33. The number of Topliss-reactive ketones (excluding diaryl/α,β-unsaturated/α-hetero) is 1. The molecule has 0 aromatic rings. The van der Waals surface area contributed by atoms with Crippen LogP contribution in [0.5, 0.6) is 0 Å². The van der Waals surface area contributed by atoms with Gasteiger partial charge in [-0.3, -0.25) is 9.59 Å². The van der Waals surface area contributed by atoms with Crippen molar-refractivity contribution >= 4 is 18.2 Å². The van der Waals surface area contributed by atoms with Crippen LogP contribution in [0.2, 0.25) is 0 Å². The molecule has 0 spiro atoms. The van der Waals surface area contributed by atoms with E-state index in [2.05, 4.69) is 32.4 Å². The van der Waals surface area contributed by atoms with Gasteiger partial charge in [0.1, 0.15) is 5.78 Å². The molecule has 0 atom stereocenters. The largest absolute Gasteiger partial charge is 1.00 e. The summed E-state index contributed by atoms with van der Waals surface area (Å²) in [5.74, 6) is 0.357. The molecule has 0 aromatic heterocycles. The van der Waals surface area contributed by atoms with Crippen LogP contribution in [0.25, 0.3) is 0 Å². The first-order valence-electron chi connectivity index (χ1n) is 7.50. The van der Waals surface area contributed by atoms with E-state index in [1.807, 2.05) is 0 Å². The van der Waals surface area contributed by atoms with Crippen molar-refractivity contribution in [1.29, 1.82) is 0 Å². The van der Waals surface area contributed by atoms with E-state index in [-0.39, 0.29) is 42.6 Å². The Morgan fingerprint density at radius 1 is 1.17 bits per heavy atom. The minimum absolute atomic E-state index is 0. The monoisotopic (exact) mass is 319 g/mol. The molecule has 0 radical (unpaired) electrons. The van der Waals surface area contributed by atoms with E-state index in [1.165, 1.54) is 11.4 Å². The van der Waals surface area contributed by atoms with E-state index in [0.29, 0.717) is 25.4 Å². The Balaban J connectivity index is -0.000000425. The maximum atomic E-state index is 11.5. The van der Waals surface area contributed by atoms with E-state index < -0.39 is 0 Å². The molecule has 0 saturated carbocycles. The third-order valence-electron chi connectivity index (χ3n) is 2.59. The molecule has 0 aromatic carbocycles. The zero-order chi connectivity index (χ0) is 17.8. The molecule has 0 N–H and O–H groups in total.